The number of β-amino-alcohol motifs (C(OH)–C–C–N with tert-alkyl or cyclic N) is 1. The summed E-state index contributed by atoms with van der Waals surface area (Å²) in [4.78, 5) is 2.24. The molecule has 1 fully saturated rings. The van der Waals surface area contributed by atoms with E-state index in [0.29, 0.717) is 5.92 Å². The Hall–Kier alpha value is -0.940. The maximum atomic E-state index is 10.2. The molecule has 4 heteroatoms. The van der Waals surface area contributed by atoms with Crippen LogP contribution in [0.2, 0.25) is 0 Å². The Kier molecular flexibility index (Phi) is 6.47. The van der Waals surface area contributed by atoms with Gasteiger partial charge in [0.25, 0.3) is 0 Å². The Balaban J connectivity index is 1.67. The fourth-order valence-corrected chi connectivity index (χ4v) is 2.78. The maximum Gasteiger partial charge on any atom is 0.0707 e. The van der Waals surface area contributed by atoms with Crippen LogP contribution in [0, 0.1) is 5.92 Å². The predicted molar refractivity (Wildman–Crippen MR) is 80.4 cm³/mol. The van der Waals surface area contributed by atoms with Gasteiger partial charge >= 0.3 is 0 Å². The number of rotatable bonds is 7. The lowest BCUT2D eigenvalue weighted by Crippen LogP contribution is -2.47. The number of likely N-dealkylation sites (tertiary alicyclic amines) is 1. The molecule has 1 aliphatic rings. The maximum absolute atomic E-state index is 10.2. The fraction of sp³-hybridized carbons (Fsp3) is 0.625. The van der Waals surface area contributed by atoms with Gasteiger partial charge in [0.2, 0.25) is 0 Å². The number of nitrogens with zero attached hydrogens (tertiary/aromatic N) is 1. The number of hydrogen-bond donors (Lipinski definition) is 3. The van der Waals surface area contributed by atoms with Crippen LogP contribution in [-0.2, 0) is 6.54 Å². The van der Waals surface area contributed by atoms with Gasteiger partial charge in [0.05, 0.1) is 6.10 Å². The first kappa shape index (κ1) is 15.4. The Morgan fingerprint density at radius 3 is 2.75 bits per heavy atom. The van der Waals surface area contributed by atoms with Crippen LogP contribution >= 0.6 is 0 Å². The van der Waals surface area contributed by atoms with Gasteiger partial charge in [-0.1, -0.05) is 30.3 Å². The number of nitrogens with one attached hydrogen (secondary N) is 1. The van der Waals surface area contributed by atoms with Gasteiger partial charge < -0.3 is 20.4 Å². The standard InChI is InChI=1S/C16H26N2O2/c19-10-4-8-18-9-7-15(16(20)13-18)12-17-11-14-5-2-1-3-6-14/h1-3,5-6,15-17,19-20H,4,7-13H2/t15?,16-/m1/s1. The SMILES string of the molecule is OCCCN1CCC(CNCc2ccccc2)[C@H](O)C1. The van der Waals surface area contributed by atoms with E-state index in [1.165, 1.54) is 5.56 Å². The highest BCUT2D eigenvalue weighted by molar-refractivity contribution is 5.14. The van der Waals surface area contributed by atoms with E-state index in [9.17, 15) is 5.11 Å². The molecule has 1 aliphatic heterocycles. The molecule has 3 N–H and O–H groups in total. The molecule has 4 nitrogen and oxygen atoms in total. The molecule has 1 saturated heterocycles. The van der Waals surface area contributed by atoms with E-state index in [1.54, 1.807) is 0 Å². The predicted octanol–water partition coefficient (Wildman–Crippen LogP) is 0.841. The Bertz CT molecular complexity index is 372. The first-order valence-corrected chi connectivity index (χ1v) is 7.55. The number of hydrogen-bond acceptors (Lipinski definition) is 4. The molecule has 1 aromatic carbocycles. The van der Waals surface area contributed by atoms with Crippen molar-refractivity contribution in [2.75, 3.05) is 32.8 Å². The molecule has 0 bridgehead atoms. The molecule has 1 heterocycles. The van der Waals surface area contributed by atoms with Gasteiger partial charge in [0, 0.05) is 32.8 Å². The van der Waals surface area contributed by atoms with E-state index in [-0.39, 0.29) is 12.7 Å². The second-order valence-corrected chi connectivity index (χ2v) is 5.61. The quantitative estimate of drug-likeness (QED) is 0.692. The van der Waals surface area contributed by atoms with Crippen LogP contribution < -0.4 is 5.32 Å². The van der Waals surface area contributed by atoms with E-state index >= 15 is 0 Å². The zero-order chi connectivity index (χ0) is 14.2. The van der Waals surface area contributed by atoms with E-state index in [4.69, 9.17) is 5.11 Å². The third-order valence-electron chi connectivity index (χ3n) is 4.02. The van der Waals surface area contributed by atoms with Crippen LogP contribution in [0.5, 0.6) is 0 Å². The first-order chi connectivity index (χ1) is 9.79. The van der Waals surface area contributed by atoms with Crippen molar-refractivity contribution in [2.24, 2.45) is 5.92 Å². The summed E-state index contributed by atoms with van der Waals surface area (Å²) in [6.45, 7) is 4.60. The highest BCUT2D eigenvalue weighted by atomic mass is 16.3. The van der Waals surface area contributed by atoms with Crippen LogP contribution in [0.25, 0.3) is 0 Å². The average Bonchev–Trinajstić information content (AvgIpc) is 2.48. The summed E-state index contributed by atoms with van der Waals surface area (Å²) in [7, 11) is 0. The van der Waals surface area contributed by atoms with Crippen molar-refractivity contribution in [3.8, 4) is 0 Å². The smallest absolute Gasteiger partial charge is 0.0707 e. The summed E-state index contributed by atoms with van der Waals surface area (Å²) in [5, 5.41) is 22.5. The van der Waals surface area contributed by atoms with E-state index < -0.39 is 0 Å². The van der Waals surface area contributed by atoms with Crippen molar-refractivity contribution < 1.29 is 10.2 Å². The van der Waals surface area contributed by atoms with Crippen LogP contribution in [0.4, 0.5) is 0 Å². The Morgan fingerprint density at radius 1 is 1.25 bits per heavy atom. The molecule has 1 unspecified atom stereocenters. The molecule has 2 rings (SSSR count). The van der Waals surface area contributed by atoms with Gasteiger partial charge in [-0.05, 0) is 30.9 Å². The van der Waals surface area contributed by atoms with Crippen LogP contribution in [0.1, 0.15) is 18.4 Å². The Morgan fingerprint density at radius 2 is 2.05 bits per heavy atom. The highest BCUT2D eigenvalue weighted by Gasteiger charge is 2.26. The number of piperidine rings is 1. The zero-order valence-corrected chi connectivity index (χ0v) is 12.0. The molecule has 1 aromatic rings. The van der Waals surface area contributed by atoms with Crippen molar-refractivity contribution in [3.63, 3.8) is 0 Å². The lowest BCUT2D eigenvalue weighted by Gasteiger charge is -2.36. The van der Waals surface area contributed by atoms with Crippen molar-refractivity contribution in [2.45, 2.75) is 25.5 Å². The van der Waals surface area contributed by atoms with Crippen LogP contribution in [0.15, 0.2) is 30.3 Å². The number of aliphatic hydroxyl groups is 2. The van der Waals surface area contributed by atoms with Gasteiger partial charge in [-0.25, -0.2) is 0 Å². The summed E-state index contributed by atoms with van der Waals surface area (Å²) in [5.74, 6) is 0.337. The van der Waals surface area contributed by atoms with Gasteiger partial charge in [-0.3, -0.25) is 0 Å². The lowest BCUT2D eigenvalue weighted by atomic mass is 9.93. The van der Waals surface area contributed by atoms with Gasteiger partial charge in [-0.15, -0.1) is 0 Å². The molecular formula is C16H26N2O2. The van der Waals surface area contributed by atoms with Gasteiger partial charge in [-0.2, -0.15) is 0 Å². The third-order valence-corrected chi connectivity index (χ3v) is 4.02. The summed E-state index contributed by atoms with van der Waals surface area (Å²) >= 11 is 0. The van der Waals surface area contributed by atoms with Crippen molar-refractivity contribution >= 4 is 0 Å². The molecule has 2 atom stereocenters. The fourth-order valence-electron chi connectivity index (χ4n) is 2.78. The molecule has 0 aromatic heterocycles. The summed E-state index contributed by atoms with van der Waals surface area (Å²) in [5.41, 5.74) is 1.28. The molecule has 0 aliphatic carbocycles. The molecule has 112 valence electrons. The molecule has 0 radical (unpaired) electrons. The number of benzene rings is 1. The van der Waals surface area contributed by atoms with Crippen molar-refractivity contribution in [3.05, 3.63) is 35.9 Å². The second kappa shape index (κ2) is 8.37. The van der Waals surface area contributed by atoms with Crippen molar-refractivity contribution in [1.29, 1.82) is 0 Å². The minimum Gasteiger partial charge on any atom is -0.396 e. The minimum atomic E-state index is -0.259. The number of aliphatic hydroxyl groups excluding tert-OH is 2. The molecule has 0 saturated carbocycles. The highest BCUT2D eigenvalue weighted by Crippen LogP contribution is 2.17. The lowest BCUT2D eigenvalue weighted by molar-refractivity contribution is 0.0200. The Labute approximate surface area is 121 Å². The monoisotopic (exact) mass is 278 g/mol. The average molecular weight is 278 g/mol. The van der Waals surface area contributed by atoms with Gasteiger partial charge in [0.1, 0.15) is 0 Å². The van der Waals surface area contributed by atoms with Crippen LogP contribution in [-0.4, -0.2) is 54.0 Å². The molecule has 0 spiro atoms. The first-order valence-electron chi connectivity index (χ1n) is 7.55. The summed E-state index contributed by atoms with van der Waals surface area (Å²) < 4.78 is 0. The van der Waals surface area contributed by atoms with Crippen LogP contribution in [0.3, 0.4) is 0 Å². The largest absolute Gasteiger partial charge is 0.396 e. The molecule has 0 amide bonds. The van der Waals surface area contributed by atoms with E-state index in [1.807, 2.05) is 18.2 Å². The normalized spacial score (nSPS) is 23.9. The third kappa shape index (κ3) is 4.87. The molecular weight excluding hydrogens is 252 g/mol. The summed E-state index contributed by atoms with van der Waals surface area (Å²) in [6.07, 6.45) is 1.56. The summed E-state index contributed by atoms with van der Waals surface area (Å²) in [6, 6.07) is 10.3. The zero-order valence-electron chi connectivity index (χ0n) is 12.0. The van der Waals surface area contributed by atoms with Gasteiger partial charge in [0.15, 0.2) is 0 Å². The second-order valence-electron chi connectivity index (χ2n) is 5.61. The molecule has 20 heavy (non-hydrogen) atoms. The van der Waals surface area contributed by atoms with E-state index in [0.717, 1.165) is 45.6 Å². The minimum absolute atomic E-state index is 0.231. The topological polar surface area (TPSA) is 55.7 Å². The van der Waals surface area contributed by atoms with Crippen molar-refractivity contribution in [1.82, 2.24) is 10.2 Å². The van der Waals surface area contributed by atoms with E-state index in [2.05, 4.69) is 22.3 Å².